The zero-order chi connectivity index (χ0) is 18.5. The van der Waals surface area contributed by atoms with Crippen LogP contribution in [0.5, 0.6) is 0 Å². The van der Waals surface area contributed by atoms with Crippen LogP contribution >= 0.6 is 24.0 Å². The number of halogens is 2. The number of benzene rings is 1. The Morgan fingerprint density at radius 3 is 2.78 bits per heavy atom. The quantitative estimate of drug-likeness (QED) is 0.642. The van der Waals surface area contributed by atoms with Gasteiger partial charge >= 0.3 is 0 Å². The molecule has 0 spiro atoms. The van der Waals surface area contributed by atoms with Gasteiger partial charge in [0.2, 0.25) is 9.84 Å². The van der Waals surface area contributed by atoms with Gasteiger partial charge in [0.1, 0.15) is 4.90 Å². The minimum atomic E-state index is -3.77. The summed E-state index contributed by atoms with van der Waals surface area (Å²) in [4.78, 5) is 7.25. The SMILES string of the molecule is CCc1nn2cc3c(nc2c1S(=O)(=O)c1cccc(Cl)c1)CCN(C)C3.Cl. The molecule has 0 saturated carbocycles. The fraction of sp³-hybridized carbons (Fsp3) is 0.333. The minimum Gasteiger partial charge on any atom is -0.302 e. The number of aryl methyl sites for hydroxylation is 1. The van der Waals surface area contributed by atoms with E-state index in [2.05, 4.69) is 17.0 Å². The summed E-state index contributed by atoms with van der Waals surface area (Å²) in [5.74, 6) is 0. The largest absolute Gasteiger partial charge is 0.302 e. The van der Waals surface area contributed by atoms with Crippen LogP contribution in [0.4, 0.5) is 0 Å². The molecule has 4 rings (SSSR count). The summed E-state index contributed by atoms with van der Waals surface area (Å²) in [6.07, 6.45) is 3.21. The van der Waals surface area contributed by atoms with Crippen LogP contribution in [0.2, 0.25) is 5.02 Å². The number of nitrogens with zero attached hydrogens (tertiary/aromatic N) is 4. The summed E-state index contributed by atoms with van der Waals surface area (Å²) in [5.41, 5.74) is 2.95. The molecule has 9 heteroatoms. The van der Waals surface area contributed by atoms with Crippen molar-refractivity contribution in [3.8, 4) is 0 Å². The number of hydrogen-bond donors (Lipinski definition) is 0. The van der Waals surface area contributed by atoms with E-state index in [0.29, 0.717) is 22.8 Å². The molecule has 1 aliphatic rings. The van der Waals surface area contributed by atoms with Gasteiger partial charge < -0.3 is 4.90 Å². The smallest absolute Gasteiger partial charge is 0.212 e. The Kier molecular flexibility index (Phi) is 5.49. The highest BCUT2D eigenvalue weighted by Crippen LogP contribution is 2.30. The zero-order valence-corrected chi connectivity index (χ0v) is 17.4. The van der Waals surface area contributed by atoms with E-state index in [1.165, 1.54) is 6.07 Å². The summed E-state index contributed by atoms with van der Waals surface area (Å²) in [6.45, 7) is 3.59. The number of rotatable bonds is 3. The second-order valence-electron chi connectivity index (χ2n) is 6.56. The van der Waals surface area contributed by atoms with E-state index >= 15 is 0 Å². The Labute approximate surface area is 169 Å². The minimum absolute atomic E-state index is 0. The third-order valence-corrected chi connectivity index (χ3v) is 6.75. The van der Waals surface area contributed by atoms with Crippen LogP contribution in [0.15, 0.2) is 40.3 Å². The molecule has 1 aliphatic heterocycles. The van der Waals surface area contributed by atoms with Gasteiger partial charge in [0.25, 0.3) is 0 Å². The van der Waals surface area contributed by atoms with Crippen molar-refractivity contribution in [2.75, 3.05) is 13.6 Å². The first kappa shape index (κ1) is 20.1. The Balaban J connectivity index is 0.00000210. The van der Waals surface area contributed by atoms with E-state index in [1.807, 2.05) is 13.1 Å². The van der Waals surface area contributed by atoms with Crippen LogP contribution in [0.1, 0.15) is 23.9 Å². The summed E-state index contributed by atoms with van der Waals surface area (Å²) < 4.78 is 28.2. The number of hydrogen-bond acceptors (Lipinski definition) is 5. The molecular weight excluding hydrogens is 407 g/mol. The van der Waals surface area contributed by atoms with Crippen molar-refractivity contribution in [1.29, 1.82) is 0 Å². The molecule has 0 radical (unpaired) electrons. The third-order valence-electron chi connectivity index (χ3n) is 4.68. The van der Waals surface area contributed by atoms with Gasteiger partial charge in [-0.1, -0.05) is 24.6 Å². The van der Waals surface area contributed by atoms with Crippen LogP contribution in [0.25, 0.3) is 5.65 Å². The van der Waals surface area contributed by atoms with E-state index < -0.39 is 9.84 Å². The average molecular weight is 427 g/mol. The van der Waals surface area contributed by atoms with E-state index in [9.17, 15) is 8.42 Å². The summed E-state index contributed by atoms with van der Waals surface area (Å²) in [6, 6.07) is 6.31. The van der Waals surface area contributed by atoms with Crippen LogP contribution in [-0.2, 0) is 29.2 Å². The second-order valence-corrected chi connectivity index (χ2v) is 8.88. The lowest BCUT2D eigenvalue weighted by Gasteiger charge is -2.23. The van der Waals surface area contributed by atoms with Gasteiger partial charge in [-0.15, -0.1) is 12.4 Å². The van der Waals surface area contributed by atoms with Gasteiger partial charge in [-0.25, -0.2) is 17.9 Å². The maximum Gasteiger partial charge on any atom is 0.212 e. The van der Waals surface area contributed by atoms with Gasteiger partial charge in [-0.05, 0) is 31.7 Å². The topological polar surface area (TPSA) is 67.6 Å². The normalized spacial score (nSPS) is 14.8. The molecule has 3 aromatic rings. The standard InChI is InChI=1S/C18H19ClN4O2S.ClH/c1-3-15-17(26(24,25)14-6-4-5-13(19)9-14)18-20-16-7-8-22(2)10-12(16)11-23(18)21-15;/h4-6,9,11H,3,7-8,10H2,1-2H3;1H. The Hall–Kier alpha value is -1.67. The lowest BCUT2D eigenvalue weighted by molar-refractivity contribution is 0.309. The highest BCUT2D eigenvalue weighted by Gasteiger charge is 2.29. The van der Waals surface area contributed by atoms with Crippen molar-refractivity contribution < 1.29 is 8.42 Å². The lowest BCUT2D eigenvalue weighted by Crippen LogP contribution is -2.27. The van der Waals surface area contributed by atoms with Gasteiger partial charge in [-0.3, -0.25) is 0 Å². The van der Waals surface area contributed by atoms with E-state index in [0.717, 1.165) is 30.8 Å². The van der Waals surface area contributed by atoms with Crippen LogP contribution in [0.3, 0.4) is 0 Å². The predicted molar refractivity (Wildman–Crippen MR) is 107 cm³/mol. The molecule has 0 saturated heterocycles. The van der Waals surface area contributed by atoms with Gasteiger partial charge in [0.15, 0.2) is 5.65 Å². The molecule has 0 fully saturated rings. The summed E-state index contributed by atoms with van der Waals surface area (Å²) >= 11 is 6.01. The van der Waals surface area contributed by atoms with Crippen LogP contribution in [0, 0.1) is 0 Å². The lowest BCUT2D eigenvalue weighted by atomic mass is 10.1. The highest BCUT2D eigenvalue weighted by atomic mass is 35.5. The molecule has 27 heavy (non-hydrogen) atoms. The molecule has 3 heterocycles. The molecular formula is C18H20Cl2N4O2S. The molecule has 0 bridgehead atoms. The molecule has 144 valence electrons. The predicted octanol–water partition coefficient (Wildman–Crippen LogP) is 3.19. The van der Waals surface area contributed by atoms with Gasteiger partial charge in [-0.2, -0.15) is 5.10 Å². The molecule has 0 N–H and O–H groups in total. The van der Waals surface area contributed by atoms with E-state index in [4.69, 9.17) is 16.6 Å². The first-order valence-electron chi connectivity index (χ1n) is 8.49. The van der Waals surface area contributed by atoms with Crippen molar-refractivity contribution in [3.63, 3.8) is 0 Å². The fourth-order valence-corrected chi connectivity index (χ4v) is 5.25. The number of aromatic nitrogens is 3. The molecule has 2 aromatic heterocycles. The summed E-state index contributed by atoms with van der Waals surface area (Å²) in [7, 11) is -1.71. The average Bonchev–Trinajstić information content (AvgIpc) is 2.97. The Morgan fingerprint density at radius 2 is 2.07 bits per heavy atom. The molecule has 0 aliphatic carbocycles. The van der Waals surface area contributed by atoms with Crippen molar-refractivity contribution >= 4 is 39.5 Å². The molecule has 0 atom stereocenters. The van der Waals surface area contributed by atoms with Gasteiger partial charge in [0, 0.05) is 36.3 Å². The Morgan fingerprint density at radius 1 is 1.30 bits per heavy atom. The van der Waals surface area contributed by atoms with Crippen molar-refractivity contribution in [3.05, 3.63) is 52.4 Å². The zero-order valence-electron chi connectivity index (χ0n) is 15.0. The molecule has 0 unspecified atom stereocenters. The van der Waals surface area contributed by atoms with Crippen LogP contribution < -0.4 is 0 Å². The van der Waals surface area contributed by atoms with E-state index in [-0.39, 0.29) is 22.2 Å². The van der Waals surface area contributed by atoms with Crippen molar-refractivity contribution in [1.82, 2.24) is 19.5 Å². The third kappa shape index (κ3) is 3.45. The van der Waals surface area contributed by atoms with Gasteiger partial charge in [0.05, 0.1) is 16.3 Å². The molecule has 6 nitrogen and oxygen atoms in total. The van der Waals surface area contributed by atoms with E-state index in [1.54, 1.807) is 22.7 Å². The first-order valence-corrected chi connectivity index (χ1v) is 10.4. The number of sulfone groups is 1. The van der Waals surface area contributed by atoms with Crippen LogP contribution in [-0.4, -0.2) is 41.5 Å². The fourth-order valence-electron chi connectivity index (χ4n) is 3.34. The van der Waals surface area contributed by atoms with Crippen molar-refractivity contribution in [2.24, 2.45) is 0 Å². The Bertz CT molecular complexity index is 1110. The maximum atomic E-state index is 13.3. The number of fused-ring (bicyclic) bond motifs is 2. The van der Waals surface area contributed by atoms with Crippen molar-refractivity contribution in [2.45, 2.75) is 36.1 Å². The first-order chi connectivity index (χ1) is 12.4. The number of likely N-dealkylation sites (N-methyl/N-ethyl adjacent to an activating group) is 1. The maximum absolute atomic E-state index is 13.3. The molecule has 1 aromatic carbocycles. The highest BCUT2D eigenvalue weighted by molar-refractivity contribution is 7.91. The summed E-state index contributed by atoms with van der Waals surface area (Å²) in [5, 5.41) is 4.89. The second kappa shape index (κ2) is 7.39. The molecule has 0 amide bonds. The monoisotopic (exact) mass is 426 g/mol.